The number of benzene rings is 1. The second-order valence-electron chi connectivity index (χ2n) is 5.77. The van der Waals surface area contributed by atoms with Crippen molar-refractivity contribution in [1.82, 2.24) is 5.32 Å². The molecular formula is C16H24ClN. The van der Waals surface area contributed by atoms with Gasteiger partial charge in [0, 0.05) is 11.1 Å². The predicted octanol–water partition coefficient (Wildman–Crippen LogP) is 4.61. The highest BCUT2D eigenvalue weighted by Crippen LogP contribution is 2.37. The summed E-state index contributed by atoms with van der Waals surface area (Å²) < 4.78 is 0. The average molecular weight is 266 g/mol. The van der Waals surface area contributed by atoms with Crippen LogP contribution in [0.1, 0.15) is 51.0 Å². The van der Waals surface area contributed by atoms with E-state index < -0.39 is 0 Å². The van der Waals surface area contributed by atoms with Crippen LogP contribution < -0.4 is 5.32 Å². The van der Waals surface area contributed by atoms with Gasteiger partial charge in [0.2, 0.25) is 0 Å². The zero-order chi connectivity index (χ0) is 13.0. The van der Waals surface area contributed by atoms with Gasteiger partial charge in [-0.25, -0.2) is 0 Å². The Labute approximate surface area is 116 Å². The molecule has 100 valence electrons. The van der Waals surface area contributed by atoms with Gasteiger partial charge in [-0.05, 0) is 48.9 Å². The lowest BCUT2D eigenvalue weighted by atomic mass is 9.75. The quantitative estimate of drug-likeness (QED) is 0.838. The molecule has 0 spiro atoms. The molecule has 0 saturated heterocycles. The molecule has 1 aromatic rings. The summed E-state index contributed by atoms with van der Waals surface area (Å²) in [5.41, 5.74) is 1.47. The Morgan fingerprint density at radius 2 is 1.83 bits per heavy atom. The van der Waals surface area contributed by atoms with Gasteiger partial charge in [0.1, 0.15) is 0 Å². The van der Waals surface area contributed by atoms with Crippen LogP contribution in [0.4, 0.5) is 0 Å². The number of halogens is 1. The molecule has 0 radical (unpaired) electrons. The van der Waals surface area contributed by atoms with Crippen molar-refractivity contribution in [3.63, 3.8) is 0 Å². The molecule has 2 unspecified atom stereocenters. The van der Waals surface area contributed by atoms with E-state index in [2.05, 4.69) is 31.3 Å². The minimum Gasteiger partial charge on any atom is -0.314 e. The Morgan fingerprint density at radius 1 is 1.17 bits per heavy atom. The molecule has 2 rings (SSSR count). The zero-order valence-corrected chi connectivity index (χ0v) is 12.2. The summed E-state index contributed by atoms with van der Waals surface area (Å²) in [6.07, 6.45) is 5.43. The van der Waals surface area contributed by atoms with Crippen molar-refractivity contribution < 1.29 is 0 Å². The van der Waals surface area contributed by atoms with Crippen molar-refractivity contribution in [3.8, 4) is 0 Å². The van der Waals surface area contributed by atoms with Crippen LogP contribution in [0.25, 0.3) is 0 Å². The van der Waals surface area contributed by atoms with Gasteiger partial charge in [0.15, 0.2) is 0 Å². The monoisotopic (exact) mass is 265 g/mol. The van der Waals surface area contributed by atoms with E-state index in [1.165, 1.54) is 31.2 Å². The zero-order valence-electron chi connectivity index (χ0n) is 11.5. The lowest BCUT2D eigenvalue weighted by Crippen LogP contribution is -2.33. The summed E-state index contributed by atoms with van der Waals surface area (Å²) in [6.45, 7) is 5.59. The van der Waals surface area contributed by atoms with Gasteiger partial charge in [-0.2, -0.15) is 0 Å². The molecule has 1 N–H and O–H groups in total. The Balaban J connectivity index is 2.05. The first kappa shape index (κ1) is 13.9. The average Bonchev–Trinajstić information content (AvgIpc) is 2.38. The Kier molecular flexibility index (Phi) is 5.08. The second-order valence-corrected chi connectivity index (χ2v) is 6.20. The molecule has 1 nitrogen and oxygen atoms in total. The summed E-state index contributed by atoms with van der Waals surface area (Å²) >= 11 is 5.98. The van der Waals surface area contributed by atoms with Crippen LogP contribution in [0.3, 0.4) is 0 Å². The van der Waals surface area contributed by atoms with E-state index in [-0.39, 0.29) is 0 Å². The maximum absolute atomic E-state index is 5.98. The molecule has 2 heteroatoms. The van der Waals surface area contributed by atoms with Gasteiger partial charge in [0.25, 0.3) is 0 Å². The molecule has 1 fully saturated rings. The second kappa shape index (κ2) is 6.58. The van der Waals surface area contributed by atoms with Gasteiger partial charge in [-0.1, -0.05) is 50.4 Å². The highest BCUT2D eigenvalue weighted by molar-refractivity contribution is 6.30. The van der Waals surface area contributed by atoms with Gasteiger partial charge in [0.05, 0.1) is 0 Å². The van der Waals surface area contributed by atoms with E-state index >= 15 is 0 Å². The molecule has 0 bridgehead atoms. The third kappa shape index (κ3) is 3.73. The summed E-state index contributed by atoms with van der Waals surface area (Å²) in [4.78, 5) is 0. The van der Waals surface area contributed by atoms with Crippen LogP contribution in [-0.4, -0.2) is 12.6 Å². The molecule has 1 saturated carbocycles. The molecular weight excluding hydrogens is 242 g/mol. The topological polar surface area (TPSA) is 12.0 Å². The summed E-state index contributed by atoms with van der Waals surface area (Å²) in [7, 11) is 0. The molecule has 1 aromatic carbocycles. The Bertz CT molecular complexity index is 358. The minimum absolute atomic E-state index is 0.581. The van der Waals surface area contributed by atoms with Crippen LogP contribution in [0, 0.1) is 5.92 Å². The molecule has 0 aromatic heterocycles. The van der Waals surface area contributed by atoms with E-state index in [9.17, 15) is 0 Å². The number of hydrogen-bond acceptors (Lipinski definition) is 1. The van der Waals surface area contributed by atoms with Crippen molar-refractivity contribution in [2.75, 3.05) is 6.54 Å². The first-order valence-electron chi connectivity index (χ1n) is 7.15. The van der Waals surface area contributed by atoms with Crippen molar-refractivity contribution in [3.05, 3.63) is 34.9 Å². The van der Waals surface area contributed by atoms with Crippen LogP contribution >= 0.6 is 11.6 Å². The smallest absolute Gasteiger partial charge is 0.0406 e. The molecule has 0 aliphatic heterocycles. The molecule has 1 aliphatic rings. The summed E-state index contributed by atoms with van der Waals surface area (Å²) in [6, 6.07) is 9.05. The van der Waals surface area contributed by atoms with Crippen LogP contribution in [0.15, 0.2) is 24.3 Å². The molecule has 18 heavy (non-hydrogen) atoms. The van der Waals surface area contributed by atoms with Crippen molar-refractivity contribution in [2.24, 2.45) is 5.92 Å². The highest BCUT2D eigenvalue weighted by atomic mass is 35.5. The van der Waals surface area contributed by atoms with Gasteiger partial charge < -0.3 is 5.32 Å². The third-order valence-electron chi connectivity index (χ3n) is 4.00. The van der Waals surface area contributed by atoms with E-state index in [1.807, 2.05) is 12.1 Å². The van der Waals surface area contributed by atoms with Crippen LogP contribution in [0.5, 0.6) is 0 Å². The highest BCUT2D eigenvalue weighted by Gasteiger charge is 2.26. The normalized spacial score (nSPS) is 24.4. The van der Waals surface area contributed by atoms with E-state index in [0.717, 1.165) is 17.5 Å². The minimum atomic E-state index is 0.581. The lowest BCUT2D eigenvalue weighted by molar-refractivity contribution is 0.289. The number of nitrogens with one attached hydrogen (secondary N) is 1. The molecule has 2 atom stereocenters. The summed E-state index contributed by atoms with van der Waals surface area (Å²) in [5.74, 6) is 1.49. The number of hydrogen-bond donors (Lipinski definition) is 1. The molecule has 1 aliphatic carbocycles. The van der Waals surface area contributed by atoms with Gasteiger partial charge in [-0.15, -0.1) is 0 Å². The van der Waals surface area contributed by atoms with Crippen molar-refractivity contribution in [2.45, 2.75) is 51.5 Å². The molecule has 0 heterocycles. The van der Waals surface area contributed by atoms with Crippen molar-refractivity contribution in [1.29, 1.82) is 0 Å². The fraction of sp³-hybridized carbons (Fsp3) is 0.625. The predicted molar refractivity (Wildman–Crippen MR) is 79.3 cm³/mol. The first-order valence-corrected chi connectivity index (χ1v) is 7.53. The van der Waals surface area contributed by atoms with Gasteiger partial charge in [-0.3, -0.25) is 0 Å². The fourth-order valence-corrected chi connectivity index (χ4v) is 3.11. The lowest BCUT2D eigenvalue weighted by Gasteiger charge is -2.32. The van der Waals surface area contributed by atoms with Crippen LogP contribution in [0.2, 0.25) is 5.02 Å². The van der Waals surface area contributed by atoms with E-state index in [0.29, 0.717) is 12.0 Å². The first-order chi connectivity index (χ1) is 8.66. The summed E-state index contributed by atoms with van der Waals surface area (Å²) in [5, 5.41) is 4.44. The van der Waals surface area contributed by atoms with Crippen LogP contribution in [-0.2, 0) is 0 Å². The fourth-order valence-electron chi connectivity index (χ4n) is 2.99. The number of rotatable bonds is 4. The Hall–Kier alpha value is -0.530. The third-order valence-corrected chi connectivity index (χ3v) is 4.25. The van der Waals surface area contributed by atoms with Crippen molar-refractivity contribution >= 4 is 11.6 Å². The SMILES string of the molecule is CC(C)NCC1CCCCC1c1ccc(Cl)cc1. The standard InChI is InChI=1S/C16H24ClN/c1-12(2)18-11-14-5-3-4-6-16(14)13-7-9-15(17)10-8-13/h7-10,12,14,16,18H,3-6,11H2,1-2H3. The van der Waals surface area contributed by atoms with Gasteiger partial charge >= 0.3 is 0 Å². The Morgan fingerprint density at radius 3 is 2.50 bits per heavy atom. The van der Waals surface area contributed by atoms with E-state index in [1.54, 1.807) is 0 Å². The molecule has 0 amide bonds. The van der Waals surface area contributed by atoms with E-state index in [4.69, 9.17) is 11.6 Å². The maximum Gasteiger partial charge on any atom is 0.0406 e. The maximum atomic E-state index is 5.98. The largest absolute Gasteiger partial charge is 0.314 e.